The molecule has 1 heterocycles. The van der Waals surface area contributed by atoms with Crippen molar-refractivity contribution in [1.82, 2.24) is 4.90 Å². The first-order valence-corrected chi connectivity index (χ1v) is 8.28. The van der Waals surface area contributed by atoms with E-state index in [0.29, 0.717) is 19.7 Å². The van der Waals surface area contributed by atoms with Gasteiger partial charge in [0.05, 0.1) is 13.2 Å². The zero-order valence-corrected chi connectivity index (χ0v) is 14.2. The second-order valence-electron chi connectivity index (χ2n) is 6.16. The van der Waals surface area contributed by atoms with Crippen molar-refractivity contribution in [1.29, 1.82) is 0 Å². The Kier molecular flexibility index (Phi) is 5.16. The van der Waals surface area contributed by atoms with Gasteiger partial charge in [-0.1, -0.05) is 42.0 Å². The average molecular weight is 325 g/mol. The molecule has 0 radical (unpaired) electrons. The molecule has 0 spiro atoms. The van der Waals surface area contributed by atoms with Gasteiger partial charge in [0, 0.05) is 6.54 Å². The van der Waals surface area contributed by atoms with Gasteiger partial charge in [-0.3, -0.25) is 4.79 Å². The minimum absolute atomic E-state index is 0.00235. The van der Waals surface area contributed by atoms with Crippen LogP contribution >= 0.6 is 0 Å². The molecule has 1 aliphatic heterocycles. The van der Waals surface area contributed by atoms with Crippen LogP contribution < -0.4 is 4.74 Å². The Balaban J connectivity index is 1.59. The number of morpholine rings is 1. The molecule has 126 valence electrons. The van der Waals surface area contributed by atoms with Crippen LogP contribution in [-0.2, 0) is 9.53 Å². The first-order valence-electron chi connectivity index (χ1n) is 8.28. The molecule has 1 atom stereocenters. The molecule has 0 bridgehead atoms. The predicted molar refractivity (Wildman–Crippen MR) is 93.1 cm³/mol. The van der Waals surface area contributed by atoms with Gasteiger partial charge in [-0.15, -0.1) is 0 Å². The number of carbonyl (C=O) groups excluding carboxylic acids is 1. The van der Waals surface area contributed by atoms with Gasteiger partial charge < -0.3 is 14.4 Å². The quantitative estimate of drug-likeness (QED) is 0.866. The van der Waals surface area contributed by atoms with E-state index in [-0.39, 0.29) is 18.6 Å². The molecular formula is C20H23NO3. The third-order valence-corrected chi connectivity index (χ3v) is 4.34. The molecule has 1 saturated heterocycles. The highest BCUT2D eigenvalue weighted by atomic mass is 16.5. The first kappa shape index (κ1) is 16.5. The van der Waals surface area contributed by atoms with Crippen molar-refractivity contribution < 1.29 is 14.3 Å². The Labute approximate surface area is 143 Å². The summed E-state index contributed by atoms with van der Waals surface area (Å²) in [7, 11) is 0. The summed E-state index contributed by atoms with van der Waals surface area (Å²) in [5.41, 5.74) is 3.50. The second kappa shape index (κ2) is 7.49. The topological polar surface area (TPSA) is 38.8 Å². The van der Waals surface area contributed by atoms with Gasteiger partial charge in [0.25, 0.3) is 5.91 Å². The van der Waals surface area contributed by atoms with Crippen molar-refractivity contribution in [2.24, 2.45) is 0 Å². The van der Waals surface area contributed by atoms with Crippen LogP contribution in [0.15, 0.2) is 48.5 Å². The highest BCUT2D eigenvalue weighted by molar-refractivity contribution is 5.78. The maximum absolute atomic E-state index is 12.4. The number of nitrogens with zero attached hydrogens (tertiary/aromatic N) is 1. The predicted octanol–water partition coefficient (Wildman–Crippen LogP) is 3.28. The van der Waals surface area contributed by atoms with Crippen molar-refractivity contribution in [2.45, 2.75) is 20.0 Å². The fraction of sp³-hybridized carbons (Fsp3) is 0.350. The maximum atomic E-state index is 12.4. The van der Waals surface area contributed by atoms with Gasteiger partial charge in [-0.2, -0.15) is 0 Å². The Morgan fingerprint density at radius 2 is 1.92 bits per heavy atom. The molecule has 2 aromatic carbocycles. The lowest BCUT2D eigenvalue weighted by atomic mass is 10.0. The Morgan fingerprint density at radius 1 is 1.17 bits per heavy atom. The molecule has 1 fully saturated rings. The number of carbonyl (C=O) groups is 1. The number of rotatable bonds is 4. The molecule has 2 aromatic rings. The Hall–Kier alpha value is -2.33. The van der Waals surface area contributed by atoms with Crippen molar-refractivity contribution in [3.8, 4) is 5.75 Å². The lowest BCUT2D eigenvalue weighted by Crippen LogP contribution is -2.44. The van der Waals surface area contributed by atoms with Gasteiger partial charge in [0.2, 0.25) is 0 Å². The molecule has 4 heteroatoms. The van der Waals surface area contributed by atoms with E-state index >= 15 is 0 Å². The highest BCUT2D eigenvalue weighted by Crippen LogP contribution is 2.25. The normalized spacial score (nSPS) is 17.6. The SMILES string of the molecule is Cc1ccc(OCC(=O)N2CCOC(c3ccccc3C)C2)cc1. The summed E-state index contributed by atoms with van der Waals surface area (Å²) in [6, 6.07) is 15.9. The zero-order valence-electron chi connectivity index (χ0n) is 14.2. The number of hydrogen-bond donors (Lipinski definition) is 0. The summed E-state index contributed by atoms with van der Waals surface area (Å²) in [6.07, 6.45) is -0.0664. The van der Waals surface area contributed by atoms with Crippen molar-refractivity contribution in [3.63, 3.8) is 0 Å². The number of hydrogen-bond acceptors (Lipinski definition) is 3. The van der Waals surface area contributed by atoms with Crippen molar-refractivity contribution >= 4 is 5.91 Å². The zero-order chi connectivity index (χ0) is 16.9. The Morgan fingerprint density at radius 3 is 2.67 bits per heavy atom. The third-order valence-electron chi connectivity index (χ3n) is 4.34. The minimum Gasteiger partial charge on any atom is -0.484 e. The third kappa shape index (κ3) is 3.95. The molecule has 0 saturated carbocycles. The van der Waals surface area contributed by atoms with E-state index in [4.69, 9.17) is 9.47 Å². The minimum atomic E-state index is -0.0664. The van der Waals surface area contributed by atoms with Gasteiger partial charge in [-0.05, 0) is 37.1 Å². The standard InChI is InChI=1S/C20H23NO3/c1-15-7-9-17(10-8-15)24-14-20(22)21-11-12-23-19(13-21)18-6-4-3-5-16(18)2/h3-10,19H,11-14H2,1-2H3. The van der Waals surface area contributed by atoms with E-state index in [2.05, 4.69) is 19.1 Å². The first-order chi connectivity index (χ1) is 11.6. The number of aryl methyl sites for hydroxylation is 2. The second-order valence-corrected chi connectivity index (χ2v) is 6.16. The monoisotopic (exact) mass is 325 g/mol. The van der Waals surface area contributed by atoms with Crippen LogP contribution in [0.4, 0.5) is 0 Å². The van der Waals surface area contributed by atoms with Crippen molar-refractivity contribution in [3.05, 3.63) is 65.2 Å². The van der Waals surface area contributed by atoms with E-state index in [0.717, 1.165) is 11.3 Å². The number of ether oxygens (including phenoxy) is 2. The van der Waals surface area contributed by atoms with Crippen LogP contribution in [0.3, 0.4) is 0 Å². The van der Waals surface area contributed by atoms with Crippen LogP contribution in [0, 0.1) is 13.8 Å². The molecule has 1 unspecified atom stereocenters. The highest BCUT2D eigenvalue weighted by Gasteiger charge is 2.26. The smallest absolute Gasteiger partial charge is 0.260 e. The molecule has 0 aliphatic carbocycles. The molecule has 3 rings (SSSR count). The van der Waals surface area contributed by atoms with E-state index in [1.807, 2.05) is 48.2 Å². The van der Waals surface area contributed by atoms with E-state index in [1.54, 1.807) is 0 Å². The largest absolute Gasteiger partial charge is 0.484 e. The van der Waals surface area contributed by atoms with E-state index < -0.39 is 0 Å². The van der Waals surface area contributed by atoms with Gasteiger partial charge in [-0.25, -0.2) is 0 Å². The van der Waals surface area contributed by atoms with Crippen LogP contribution in [0.2, 0.25) is 0 Å². The number of amides is 1. The van der Waals surface area contributed by atoms with Crippen LogP contribution in [0.1, 0.15) is 22.8 Å². The Bertz CT molecular complexity index is 696. The maximum Gasteiger partial charge on any atom is 0.260 e. The molecule has 0 aromatic heterocycles. The molecular weight excluding hydrogens is 302 g/mol. The molecule has 4 nitrogen and oxygen atoms in total. The fourth-order valence-corrected chi connectivity index (χ4v) is 2.88. The summed E-state index contributed by atoms with van der Waals surface area (Å²) in [6.45, 7) is 5.88. The van der Waals surface area contributed by atoms with Crippen molar-refractivity contribution in [2.75, 3.05) is 26.3 Å². The van der Waals surface area contributed by atoms with E-state index in [9.17, 15) is 4.79 Å². The van der Waals surface area contributed by atoms with Gasteiger partial charge in [0.15, 0.2) is 6.61 Å². The lowest BCUT2D eigenvalue weighted by Gasteiger charge is -2.33. The lowest BCUT2D eigenvalue weighted by molar-refractivity contribution is -0.141. The summed E-state index contributed by atoms with van der Waals surface area (Å²) >= 11 is 0. The van der Waals surface area contributed by atoms with Gasteiger partial charge >= 0.3 is 0 Å². The molecule has 1 aliphatic rings. The molecule has 1 amide bonds. The summed E-state index contributed by atoms with van der Waals surface area (Å²) in [4.78, 5) is 14.3. The van der Waals surface area contributed by atoms with Gasteiger partial charge in [0.1, 0.15) is 11.9 Å². The summed E-state index contributed by atoms with van der Waals surface area (Å²) in [5.74, 6) is 0.718. The molecule has 24 heavy (non-hydrogen) atoms. The molecule has 0 N–H and O–H groups in total. The van der Waals surface area contributed by atoms with E-state index in [1.165, 1.54) is 11.1 Å². The van der Waals surface area contributed by atoms with Crippen LogP contribution in [-0.4, -0.2) is 37.1 Å². The number of benzene rings is 2. The summed E-state index contributed by atoms with van der Waals surface area (Å²) in [5, 5.41) is 0. The van der Waals surface area contributed by atoms with Crippen LogP contribution in [0.25, 0.3) is 0 Å². The average Bonchev–Trinajstić information content (AvgIpc) is 2.61. The van der Waals surface area contributed by atoms with Crippen LogP contribution in [0.5, 0.6) is 5.75 Å². The summed E-state index contributed by atoms with van der Waals surface area (Å²) < 4.78 is 11.5. The fourth-order valence-electron chi connectivity index (χ4n) is 2.88.